The van der Waals surface area contributed by atoms with Gasteiger partial charge in [-0.25, -0.2) is 9.45 Å². The fourth-order valence-corrected chi connectivity index (χ4v) is 1.36. The molecule has 0 aliphatic heterocycles. The topological polar surface area (TPSA) is 41.6 Å². The molecule has 0 heterocycles. The standard InChI is InChI=1S/C12H17FN2O2/c1-4-7-14-11-8-9(13)5-6-10(11)12(16)15(2)17-3/h5-6,8,14H,4,7H2,1-3H3. The number of hydroxylamine groups is 2. The van der Waals surface area contributed by atoms with Crippen molar-refractivity contribution in [2.75, 3.05) is 26.0 Å². The van der Waals surface area contributed by atoms with Gasteiger partial charge in [0, 0.05) is 19.3 Å². The monoisotopic (exact) mass is 240 g/mol. The van der Waals surface area contributed by atoms with E-state index in [1.165, 1.54) is 32.4 Å². The van der Waals surface area contributed by atoms with Crippen molar-refractivity contribution in [3.05, 3.63) is 29.6 Å². The average Bonchev–Trinajstić information content (AvgIpc) is 2.34. The lowest BCUT2D eigenvalue weighted by atomic mass is 10.1. The van der Waals surface area contributed by atoms with E-state index >= 15 is 0 Å². The van der Waals surface area contributed by atoms with E-state index in [2.05, 4.69) is 5.32 Å². The summed E-state index contributed by atoms with van der Waals surface area (Å²) in [5.41, 5.74) is 0.880. The van der Waals surface area contributed by atoms with Crippen LogP contribution in [0.15, 0.2) is 18.2 Å². The Morgan fingerprint density at radius 1 is 1.53 bits per heavy atom. The molecule has 94 valence electrons. The first kappa shape index (κ1) is 13.4. The minimum Gasteiger partial charge on any atom is -0.384 e. The van der Waals surface area contributed by atoms with Crippen molar-refractivity contribution in [1.29, 1.82) is 0 Å². The maximum atomic E-state index is 13.1. The minimum absolute atomic E-state index is 0.314. The average molecular weight is 240 g/mol. The molecular formula is C12H17FN2O2. The molecule has 0 aromatic heterocycles. The molecule has 0 atom stereocenters. The molecule has 4 nitrogen and oxygen atoms in total. The molecule has 0 aliphatic carbocycles. The van der Waals surface area contributed by atoms with Crippen molar-refractivity contribution >= 4 is 11.6 Å². The Hall–Kier alpha value is -1.62. The molecule has 1 amide bonds. The van der Waals surface area contributed by atoms with E-state index in [-0.39, 0.29) is 11.7 Å². The van der Waals surface area contributed by atoms with E-state index in [0.29, 0.717) is 17.8 Å². The Kier molecular flexibility index (Phi) is 4.90. The van der Waals surface area contributed by atoms with Gasteiger partial charge in [0.15, 0.2) is 0 Å². The number of rotatable bonds is 5. The molecule has 0 unspecified atom stereocenters. The molecule has 1 aromatic rings. The summed E-state index contributed by atoms with van der Waals surface area (Å²) in [6.45, 7) is 2.68. The lowest BCUT2D eigenvalue weighted by Gasteiger charge is -2.16. The number of benzene rings is 1. The van der Waals surface area contributed by atoms with Crippen LogP contribution < -0.4 is 5.32 Å². The summed E-state index contributed by atoms with van der Waals surface area (Å²) in [5.74, 6) is -0.689. The molecule has 17 heavy (non-hydrogen) atoms. The number of halogens is 1. The molecule has 0 fully saturated rings. The van der Waals surface area contributed by atoms with E-state index in [4.69, 9.17) is 4.84 Å². The highest BCUT2D eigenvalue weighted by molar-refractivity contribution is 5.98. The Morgan fingerprint density at radius 2 is 2.24 bits per heavy atom. The molecule has 0 spiro atoms. The quantitative estimate of drug-likeness (QED) is 0.803. The zero-order valence-corrected chi connectivity index (χ0v) is 10.3. The Labute approximate surface area is 100 Å². The molecular weight excluding hydrogens is 223 g/mol. The SMILES string of the molecule is CCCNc1cc(F)ccc1C(=O)N(C)OC. The number of hydrogen-bond donors (Lipinski definition) is 1. The second-order valence-electron chi connectivity index (χ2n) is 3.60. The number of nitrogens with zero attached hydrogens (tertiary/aromatic N) is 1. The summed E-state index contributed by atoms with van der Waals surface area (Å²) in [6.07, 6.45) is 0.893. The van der Waals surface area contributed by atoms with Gasteiger partial charge in [-0.2, -0.15) is 0 Å². The predicted octanol–water partition coefficient (Wildman–Crippen LogP) is 2.28. The predicted molar refractivity (Wildman–Crippen MR) is 64.3 cm³/mol. The van der Waals surface area contributed by atoms with Crippen molar-refractivity contribution in [3.8, 4) is 0 Å². The first-order valence-corrected chi connectivity index (χ1v) is 5.45. The first-order chi connectivity index (χ1) is 8.10. The largest absolute Gasteiger partial charge is 0.384 e. The van der Waals surface area contributed by atoms with Crippen molar-refractivity contribution in [2.24, 2.45) is 0 Å². The van der Waals surface area contributed by atoms with Gasteiger partial charge in [0.25, 0.3) is 5.91 Å². The third-order valence-corrected chi connectivity index (χ3v) is 2.34. The number of nitrogens with one attached hydrogen (secondary N) is 1. The fraction of sp³-hybridized carbons (Fsp3) is 0.417. The maximum absolute atomic E-state index is 13.1. The Morgan fingerprint density at radius 3 is 2.82 bits per heavy atom. The van der Waals surface area contributed by atoms with E-state index in [0.717, 1.165) is 11.5 Å². The minimum atomic E-state index is -0.375. The second-order valence-corrected chi connectivity index (χ2v) is 3.60. The van der Waals surface area contributed by atoms with Gasteiger partial charge in [-0.15, -0.1) is 0 Å². The van der Waals surface area contributed by atoms with Gasteiger partial charge in [-0.1, -0.05) is 6.92 Å². The first-order valence-electron chi connectivity index (χ1n) is 5.45. The third kappa shape index (κ3) is 3.42. The van der Waals surface area contributed by atoms with Crippen LogP contribution in [-0.4, -0.2) is 31.7 Å². The Balaban J connectivity index is 3.00. The van der Waals surface area contributed by atoms with Crippen LogP contribution in [0.4, 0.5) is 10.1 Å². The molecule has 0 radical (unpaired) electrons. The third-order valence-electron chi connectivity index (χ3n) is 2.34. The van der Waals surface area contributed by atoms with Gasteiger partial charge in [0.2, 0.25) is 0 Å². The normalized spacial score (nSPS) is 10.1. The fourth-order valence-electron chi connectivity index (χ4n) is 1.36. The summed E-state index contributed by atoms with van der Waals surface area (Å²) in [6, 6.07) is 4.02. The molecule has 0 bridgehead atoms. The van der Waals surface area contributed by atoms with Crippen molar-refractivity contribution in [3.63, 3.8) is 0 Å². The van der Waals surface area contributed by atoms with Gasteiger partial charge < -0.3 is 5.32 Å². The van der Waals surface area contributed by atoms with Gasteiger partial charge >= 0.3 is 0 Å². The summed E-state index contributed by atoms with van der Waals surface area (Å²) in [7, 11) is 2.91. The smallest absolute Gasteiger partial charge is 0.279 e. The van der Waals surface area contributed by atoms with Crippen LogP contribution in [-0.2, 0) is 4.84 Å². The summed E-state index contributed by atoms with van der Waals surface area (Å²) >= 11 is 0. The highest BCUT2D eigenvalue weighted by atomic mass is 19.1. The highest BCUT2D eigenvalue weighted by Gasteiger charge is 2.16. The van der Waals surface area contributed by atoms with E-state index in [9.17, 15) is 9.18 Å². The van der Waals surface area contributed by atoms with Crippen molar-refractivity contribution in [1.82, 2.24) is 5.06 Å². The maximum Gasteiger partial charge on any atom is 0.279 e. The molecule has 0 aliphatic rings. The lowest BCUT2D eigenvalue weighted by Crippen LogP contribution is -2.26. The van der Waals surface area contributed by atoms with Crippen LogP contribution in [0.2, 0.25) is 0 Å². The zero-order valence-electron chi connectivity index (χ0n) is 10.3. The second kappa shape index (κ2) is 6.20. The summed E-state index contributed by atoms with van der Waals surface area (Å²) < 4.78 is 13.1. The highest BCUT2D eigenvalue weighted by Crippen LogP contribution is 2.19. The van der Waals surface area contributed by atoms with Gasteiger partial charge in [-0.05, 0) is 24.6 Å². The van der Waals surface area contributed by atoms with Crippen molar-refractivity contribution in [2.45, 2.75) is 13.3 Å². The molecule has 1 aromatic carbocycles. The van der Waals surface area contributed by atoms with Crippen molar-refractivity contribution < 1.29 is 14.0 Å². The molecule has 1 N–H and O–H groups in total. The molecule has 0 saturated heterocycles. The molecule has 5 heteroatoms. The molecule has 1 rings (SSSR count). The van der Waals surface area contributed by atoms with Crippen LogP contribution in [0.5, 0.6) is 0 Å². The summed E-state index contributed by atoms with van der Waals surface area (Å²) in [5, 5.41) is 4.12. The number of amides is 1. The Bertz CT molecular complexity index is 396. The van der Waals surface area contributed by atoms with Crippen LogP contribution >= 0.6 is 0 Å². The van der Waals surface area contributed by atoms with Crippen LogP contribution in [0.3, 0.4) is 0 Å². The van der Waals surface area contributed by atoms with Crippen LogP contribution in [0, 0.1) is 5.82 Å². The van der Waals surface area contributed by atoms with E-state index in [1.54, 1.807) is 0 Å². The van der Waals surface area contributed by atoms with Gasteiger partial charge in [0.05, 0.1) is 12.7 Å². The lowest BCUT2D eigenvalue weighted by molar-refractivity contribution is -0.0756. The number of hydrogen-bond acceptors (Lipinski definition) is 3. The number of carbonyl (C=O) groups excluding carboxylic acids is 1. The number of carbonyl (C=O) groups is 1. The van der Waals surface area contributed by atoms with Gasteiger partial charge in [-0.3, -0.25) is 9.63 Å². The van der Waals surface area contributed by atoms with E-state index < -0.39 is 0 Å². The number of anilines is 1. The van der Waals surface area contributed by atoms with Crippen LogP contribution in [0.1, 0.15) is 23.7 Å². The van der Waals surface area contributed by atoms with Gasteiger partial charge in [0.1, 0.15) is 5.82 Å². The molecule has 0 saturated carbocycles. The summed E-state index contributed by atoms with van der Waals surface area (Å²) in [4.78, 5) is 16.7. The van der Waals surface area contributed by atoms with Crippen LogP contribution in [0.25, 0.3) is 0 Å². The van der Waals surface area contributed by atoms with E-state index in [1.807, 2.05) is 6.92 Å². The zero-order chi connectivity index (χ0) is 12.8.